The van der Waals surface area contributed by atoms with Crippen molar-refractivity contribution >= 4 is 34.8 Å². The van der Waals surface area contributed by atoms with Crippen molar-refractivity contribution in [2.75, 3.05) is 12.8 Å². The molecule has 0 saturated carbocycles. The van der Waals surface area contributed by atoms with Crippen molar-refractivity contribution in [3.05, 3.63) is 52.5 Å². The van der Waals surface area contributed by atoms with Gasteiger partial charge in [-0.2, -0.15) is 0 Å². The molecule has 2 aromatic rings. The largest absolute Gasteiger partial charge is 0.496 e. The number of benzene rings is 2. The molecular formula is C16H16ClNO2S. The summed E-state index contributed by atoms with van der Waals surface area (Å²) in [6.07, 6.45) is 0. The number of Topliss-reactive ketones (excluding diaryl/α,β-unsaturated/α-hetero) is 1. The zero-order chi connectivity index (χ0) is 15.4. The fraction of sp³-hybridized carbons (Fsp3) is 0.188. The van der Waals surface area contributed by atoms with Crippen molar-refractivity contribution in [2.45, 2.75) is 17.6 Å². The average molecular weight is 322 g/mol. The Labute approximate surface area is 133 Å². The van der Waals surface area contributed by atoms with Crippen LogP contribution in [0, 0.1) is 0 Å². The predicted molar refractivity (Wildman–Crippen MR) is 88.4 cm³/mol. The van der Waals surface area contributed by atoms with E-state index in [1.807, 2.05) is 24.3 Å². The number of carbonyl (C=O) groups excluding carboxylic acids is 1. The van der Waals surface area contributed by atoms with Gasteiger partial charge in [-0.25, -0.2) is 0 Å². The zero-order valence-electron chi connectivity index (χ0n) is 11.9. The van der Waals surface area contributed by atoms with Crippen LogP contribution in [0.2, 0.25) is 5.02 Å². The molecule has 0 aliphatic heterocycles. The Kier molecular flexibility index (Phi) is 5.15. The van der Waals surface area contributed by atoms with Gasteiger partial charge in [0.2, 0.25) is 0 Å². The number of thioether (sulfide) groups is 1. The predicted octanol–water partition coefficient (Wildman–Crippen LogP) is 4.43. The Morgan fingerprint density at radius 3 is 2.67 bits per heavy atom. The minimum atomic E-state index is 0.0365. The molecule has 2 N–H and O–H groups in total. The molecule has 3 nitrogen and oxygen atoms in total. The van der Waals surface area contributed by atoms with Crippen LogP contribution in [-0.2, 0) is 5.75 Å². The SMILES string of the molecule is COc1ccc(C(C)=O)cc1CSc1ccc(N)cc1Cl. The van der Waals surface area contributed by atoms with Crippen molar-refractivity contribution in [1.82, 2.24) is 0 Å². The molecule has 21 heavy (non-hydrogen) atoms. The van der Waals surface area contributed by atoms with Crippen molar-refractivity contribution in [2.24, 2.45) is 0 Å². The van der Waals surface area contributed by atoms with Crippen LogP contribution in [0.15, 0.2) is 41.3 Å². The van der Waals surface area contributed by atoms with Crippen molar-refractivity contribution in [3.63, 3.8) is 0 Å². The third kappa shape index (κ3) is 3.93. The summed E-state index contributed by atoms with van der Waals surface area (Å²) in [5, 5.41) is 0.627. The van der Waals surface area contributed by atoms with Gasteiger partial charge in [-0.3, -0.25) is 4.79 Å². The first-order valence-corrected chi connectivity index (χ1v) is 7.73. The minimum Gasteiger partial charge on any atom is -0.496 e. The third-order valence-electron chi connectivity index (χ3n) is 3.03. The lowest BCUT2D eigenvalue weighted by Crippen LogP contribution is -1.97. The summed E-state index contributed by atoms with van der Waals surface area (Å²) in [5.41, 5.74) is 7.96. The van der Waals surface area contributed by atoms with Gasteiger partial charge >= 0.3 is 0 Å². The molecule has 5 heteroatoms. The van der Waals surface area contributed by atoms with Crippen LogP contribution in [0.4, 0.5) is 5.69 Å². The Bertz CT molecular complexity index is 673. The maximum atomic E-state index is 11.5. The summed E-state index contributed by atoms with van der Waals surface area (Å²) in [7, 11) is 1.62. The number of hydrogen-bond donors (Lipinski definition) is 1. The maximum absolute atomic E-state index is 11.5. The molecule has 0 saturated heterocycles. The van der Waals surface area contributed by atoms with E-state index in [1.165, 1.54) is 0 Å². The van der Waals surface area contributed by atoms with E-state index < -0.39 is 0 Å². The smallest absolute Gasteiger partial charge is 0.159 e. The standard InChI is InChI=1S/C16H16ClNO2S/c1-10(19)11-3-5-15(20-2)12(7-11)9-21-16-6-4-13(18)8-14(16)17/h3-8H,9,18H2,1-2H3. The van der Waals surface area contributed by atoms with Crippen LogP contribution >= 0.6 is 23.4 Å². The highest BCUT2D eigenvalue weighted by Gasteiger charge is 2.09. The van der Waals surface area contributed by atoms with Gasteiger partial charge in [-0.1, -0.05) is 11.6 Å². The molecule has 0 aliphatic rings. The first kappa shape index (κ1) is 15.7. The number of hydrogen-bond acceptors (Lipinski definition) is 4. The van der Waals surface area contributed by atoms with Crippen LogP contribution in [0.3, 0.4) is 0 Å². The number of methoxy groups -OCH3 is 1. The fourth-order valence-electron chi connectivity index (χ4n) is 1.90. The van der Waals surface area contributed by atoms with Crippen molar-refractivity contribution in [1.29, 1.82) is 0 Å². The molecule has 2 rings (SSSR count). The molecule has 110 valence electrons. The van der Waals surface area contributed by atoms with E-state index in [0.29, 0.717) is 22.0 Å². The molecule has 2 aromatic carbocycles. The lowest BCUT2D eigenvalue weighted by Gasteiger charge is -2.10. The minimum absolute atomic E-state index is 0.0365. The van der Waals surface area contributed by atoms with Gasteiger partial charge in [-0.05, 0) is 43.3 Å². The third-order valence-corrected chi connectivity index (χ3v) is 4.57. The number of halogens is 1. The van der Waals surface area contributed by atoms with E-state index in [9.17, 15) is 4.79 Å². The molecule has 0 aromatic heterocycles. The molecule has 0 atom stereocenters. The first-order chi connectivity index (χ1) is 10.0. The van der Waals surface area contributed by atoms with Crippen LogP contribution in [-0.4, -0.2) is 12.9 Å². The van der Waals surface area contributed by atoms with Crippen molar-refractivity contribution < 1.29 is 9.53 Å². The molecule has 0 heterocycles. The molecule has 0 fully saturated rings. The zero-order valence-corrected chi connectivity index (χ0v) is 13.4. The van der Waals surface area contributed by atoms with Crippen LogP contribution in [0.25, 0.3) is 0 Å². The lowest BCUT2D eigenvalue weighted by atomic mass is 10.1. The number of ether oxygens (including phenoxy) is 1. The maximum Gasteiger partial charge on any atom is 0.159 e. The van der Waals surface area contributed by atoms with Crippen LogP contribution < -0.4 is 10.5 Å². The number of nitrogen functional groups attached to an aromatic ring is 1. The van der Waals surface area contributed by atoms with E-state index in [-0.39, 0.29) is 5.78 Å². The van der Waals surface area contributed by atoms with Gasteiger partial charge in [0.05, 0.1) is 12.1 Å². The number of rotatable bonds is 5. The highest BCUT2D eigenvalue weighted by Crippen LogP contribution is 2.33. The molecule has 0 radical (unpaired) electrons. The fourth-order valence-corrected chi connectivity index (χ4v) is 3.15. The van der Waals surface area contributed by atoms with Gasteiger partial charge in [0.15, 0.2) is 5.78 Å². The Balaban J connectivity index is 2.22. The summed E-state index contributed by atoms with van der Waals surface area (Å²) >= 11 is 7.74. The molecule has 0 unspecified atom stereocenters. The van der Waals surface area contributed by atoms with E-state index in [1.54, 1.807) is 37.9 Å². The Morgan fingerprint density at radius 2 is 2.05 bits per heavy atom. The number of carbonyl (C=O) groups is 1. The summed E-state index contributed by atoms with van der Waals surface area (Å²) in [4.78, 5) is 12.4. The first-order valence-electron chi connectivity index (χ1n) is 6.37. The molecule has 0 bridgehead atoms. The molecule has 0 spiro atoms. The van der Waals surface area contributed by atoms with E-state index in [2.05, 4.69) is 0 Å². The van der Waals surface area contributed by atoms with Gasteiger partial charge in [-0.15, -0.1) is 11.8 Å². The second-order valence-corrected chi connectivity index (χ2v) is 5.99. The number of nitrogens with two attached hydrogens (primary N) is 1. The summed E-state index contributed by atoms with van der Waals surface area (Å²) in [5.74, 6) is 1.46. The molecule has 0 amide bonds. The second kappa shape index (κ2) is 6.87. The lowest BCUT2D eigenvalue weighted by molar-refractivity contribution is 0.101. The van der Waals surface area contributed by atoms with Crippen molar-refractivity contribution in [3.8, 4) is 5.75 Å². The second-order valence-electron chi connectivity index (χ2n) is 4.56. The quantitative estimate of drug-likeness (QED) is 0.503. The monoisotopic (exact) mass is 321 g/mol. The van der Waals surface area contributed by atoms with Gasteiger partial charge in [0.1, 0.15) is 5.75 Å². The summed E-state index contributed by atoms with van der Waals surface area (Å²) in [6.45, 7) is 1.55. The van der Waals surface area contributed by atoms with Gasteiger partial charge in [0, 0.05) is 27.5 Å². The van der Waals surface area contributed by atoms with E-state index >= 15 is 0 Å². The van der Waals surface area contributed by atoms with Gasteiger partial charge in [0.25, 0.3) is 0 Å². The summed E-state index contributed by atoms with van der Waals surface area (Å²) in [6, 6.07) is 10.9. The number of anilines is 1. The molecule has 0 aliphatic carbocycles. The number of ketones is 1. The highest BCUT2D eigenvalue weighted by atomic mass is 35.5. The average Bonchev–Trinajstić information content (AvgIpc) is 2.46. The Hall–Kier alpha value is -1.65. The highest BCUT2D eigenvalue weighted by molar-refractivity contribution is 7.98. The van der Waals surface area contributed by atoms with Crippen LogP contribution in [0.5, 0.6) is 5.75 Å². The van der Waals surface area contributed by atoms with Gasteiger partial charge < -0.3 is 10.5 Å². The Morgan fingerprint density at radius 1 is 1.29 bits per heavy atom. The normalized spacial score (nSPS) is 10.4. The molecular weight excluding hydrogens is 306 g/mol. The topological polar surface area (TPSA) is 52.3 Å². The summed E-state index contributed by atoms with van der Waals surface area (Å²) < 4.78 is 5.34. The van der Waals surface area contributed by atoms with Crippen LogP contribution in [0.1, 0.15) is 22.8 Å². The van der Waals surface area contributed by atoms with E-state index in [4.69, 9.17) is 22.1 Å². The van der Waals surface area contributed by atoms with E-state index in [0.717, 1.165) is 16.2 Å².